The molecule has 0 aliphatic heterocycles. The molecule has 0 fully saturated rings. The standard InChI is InChI=1S/C26H26O/c1-25(2,19-10-6-5-7-11-19)17-18-14-15-21-22(16-18)20-12-8-9-13-23(20)26(3,4)24(21)27/h5-16H,17H2,1-4H3. The zero-order valence-corrected chi connectivity index (χ0v) is 16.5. The Morgan fingerprint density at radius 2 is 1.44 bits per heavy atom. The molecule has 1 nitrogen and oxygen atoms in total. The van der Waals surface area contributed by atoms with Gasteiger partial charge in [-0.15, -0.1) is 0 Å². The first kappa shape index (κ1) is 17.7. The lowest BCUT2D eigenvalue weighted by molar-refractivity contribution is 0.0906. The van der Waals surface area contributed by atoms with Gasteiger partial charge in [-0.1, -0.05) is 86.6 Å². The number of carbonyl (C=O) groups excluding carboxylic acids is 1. The minimum absolute atomic E-state index is 0.0347. The fourth-order valence-electron chi connectivity index (χ4n) is 4.35. The average Bonchev–Trinajstić information content (AvgIpc) is 2.67. The van der Waals surface area contributed by atoms with Crippen LogP contribution in [0.5, 0.6) is 0 Å². The number of rotatable bonds is 3. The number of Topliss-reactive ketones (excluding diaryl/α,β-unsaturated/α-hetero) is 1. The summed E-state index contributed by atoms with van der Waals surface area (Å²) in [7, 11) is 0. The Hall–Kier alpha value is -2.67. The van der Waals surface area contributed by atoms with E-state index in [-0.39, 0.29) is 11.2 Å². The first-order valence-electron chi connectivity index (χ1n) is 9.64. The first-order chi connectivity index (χ1) is 12.8. The maximum atomic E-state index is 13.1. The van der Waals surface area contributed by atoms with Gasteiger partial charge in [0, 0.05) is 5.56 Å². The van der Waals surface area contributed by atoms with Crippen LogP contribution in [0.2, 0.25) is 0 Å². The third-order valence-electron chi connectivity index (χ3n) is 5.99. The second-order valence-corrected chi connectivity index (χ2v) is 8.81. The second-order valence-electron chi connectivity index (χ2n) is 8.81. The molecule has 0 heterocycles. The molecule has 0 radical (unpaired) electrons. The molecule has 4 rings (SSSR count). The summed E-state index contributed by atoms with van der Waals surface area (Å²) in [6.07, 6.45) is 0.935. The van der Waals surface area contributed by atoms with Crippen molar-refractivity contribution in [3.8, 4) is 11.1 Å². The summed E-state index contributed by atoms with van der Waals surface area (Å²) in [5.74, 6) is 0.213. The molecule has 0 bridgehead atoms. The van der Waals surface area contributed by atoms with Gasteiger partial charge in [0.05, 0.1) is 5.41 Å². The predicted molar refractivity (Wildman–Crippen MR) is 112 cm³/mol. The molecule has 0 spiro atoms. The molecule has 0 N–H and O–H groups in total. The van der Waals surface area contributed by atoms with Crippen LogP contribution in [-0.4, -0.2) is 5.78 Å². The summed E-state index contributed by atoms with van der Waals surface area (Å²) >= 11 is 0. The predicted octanol–water partition coefficient (Wildman–Crippen LogP) is 6.35. The van der Waals surface area contributed by atoms with Crippen LogP contribution in [0.25, 0.3) is 11.1 Å². The highest BCUT2D eigenvalue weighted by atomic mass is 16.1. The number of carbonyl (C=O) groups is 1. The molecule has 27 heavy (non-hydrogen) atoms. The van der Waals surface area contributed by atoms with E-state index >= 15 is 0 Å². The molecule has 3 aromatic rings. The Morgan fingerprint density at radius 1 is 0.778 bits per heavy atom. The van der Waals surface area contributed by atoms with Crippen molar-refractivity contribution in [2.24, 2.45) is 0 Å². The van der Waals surface area contributed by atoms with E-state index in [1.807, 2.05) is 26.0 Å². The van der Waals surface area contributed by atoms with Crippen molar-refractivity contribution >= 4 is 5.78 Å². The molecule has 0 atom stereocenters. The van der Waals surface area contributed by atoms with Gasteiger partial charge in [-0.05, 0) is 53.5 Å². The molecular formula is C26H26O. The lowest BCUT2D eigenvalue weighted by atomic mass is 9.68. The highest BCUT2D eigenvalue weighted by molar-refractivity contribution is 6.12. The van der Waals surface area contributed by atoms with Crippen LogP contribution < -0.4 is 0 Å². The number of ketones is 1. The van der Waals surface area contributed by atoms with Gasteiger partial charge in [0.2, 0.25) is 0 Å². The molecular weight excluding hydrogens is 328 g/mol. The van der Waals surface area contributed by atoms with Gasteiger partial charge in [0.15, 0.2) is 5.78 Å². The summed E-state index contributed by atoms with van der Waals surface area (Å²) in [4.78, 5) is 13.1. The molecule has 1 heteroatoms. The average molecular weight is 354 g/mol. The molecule has 0 unspecified atom stereocenters. The second kappa shape index (κ2) is 6.20. The maximum Gasteiger partial charge on any atom is 0.173 e. The Kier molecular flexibility index (Phi) is 4.07. The van der Waals surface area contributed by atoms with Gasteiger partial charge in [-0.25, -0.2) is 0 Å². The van der Waals surface area contributed by atoms with Gasteiger partial charge in [0.1, 0.15) is 0 Å². The summed E-state index contributed by atoms with van der Waals surface area (Å²) in [5.41, 5.74) is 6.40. The lowest BCUT2D eigenvalue weighted by Gasteiger charge is -2.33. The molecule has 1 aliphatic carbocycles. The van der Waals surface area contributed by atoms with Crippen LogP contribution in [-0.2, 0) is 17.3 Å². The normalized spacial score (nSPS) is 15.2. The van der Waals surface area contributed by atoms with Crippen LogP contribution in [0.15, 0.2) is 72.8 Å². The van der Waals surface area contributed by atoms with E-state index in [1.165, 1.54) is 16.7 Å². The van der Waals surface area contributed by atoms with Crippen LogP contribution in [0, 0.1) is 0 Å². The fourth-order valence-corrected chi connectivity index (χ4v) is 4.35. The summed E-state index contributed by atoms with van der Waals surface area (Å²) in [5, 5.41) is 0. The highest BCUT2D eigenvalue weighted by Gasteiger charge is 2.38. The fraction of sp³-hybridized carbons (Fsp3) is 0.269. The van der Waals surface area contributed by atoms with Crippen molar-refractivity contribution in [2.75, 3.05) is 0 Å². The van der Waals surface area contributed by atoms with Crippen LogP contribution >= 0.6 is 0 Å². The smallest absolute Gasteiger partial charge is 0.173 e. The Labute approximate surface area is 162 Å². The van der Waals surface area contributed by atoms with E-state index in [2.05, 4.69) is 74.5 Å². The number of benzene rings is 3. The third-order valence-corrected chi connectivity index (χ3v) is 5.99. The lowest BCUT2D eigenvalue weighted by Crippen LogP contribution is -2.33. The highest BCUT2D eigenvalue weighted by Crippen LogP contribution is 2.43. The van der Waals surface area contributed by atoms with E-state index in [4.69, 9.17) is 0 Å². The van der Waals surface area contributed by atoms with Gasteiger partial charge in [0.25, 0.3) is 0 Å². The van der Waals surface area contributed by atoms with Crippen molar-refractivity contribution in [1.82, 2.24) is 0 Å². The molecule has 0 saturated carbocycles. The zero-order valence-electron chi connectivity index (χ0n) is 16.5. The van der Waals surface area contributed by atoms with E-state index < -0.39 is 5.41 Å². The minimum atomic E-state index is -0.478. The van der Waals surface area contributed by atoms with Crippen molar-refractivity contribution in [1.29, 1.82) is 0 Å². The quantitative estimate of drug-likeness (QED) is 0.536. The van der Waals surface area contributed by atoms with Gasteiger partial charge >= 0.3 is 0 Å². The molecule has 0 saturated heterocycles. The zero-order chi connectivity index (χ0) is 19.2. The number of hydrogen-bond donors (Lipinski definition) is 0. The third kappa shape index (κ3) is 2.92. The topological polar surface area (TPSA) is 17.1 Å². The van der Waals surface area contributed by atoms with E-state index in [0.29, 0.717) is 0 Å². The van der Waals surface area contributed by atoms with Crippen LogP contribution in [0.3, 0.4) is 0 Å². The first-order valence-corrected chi connectivity index (χ1v) is 9.64. The van der Waals surface area contributed by atoms with Crippen molar-refractivity contribution in [3.05, 3.63) is 95.1 Å². The maximum absolute atomic E-state index is 13.1. The minimum Gasteiger partial charge on any atom is -0.293 e. The summed E-state index contributed by atoms with van der Waals surface area (Å²) in [6.45, 7) is 8.63. The Bertz CT molecular complexity index is 1010. The molecule has 136 valence electrons. The van der Waals surface area contributed by atoms with Gasteiger partial charge in [-0.3, -0.25) is 4.79 Å². The van der Waals surface area contributed by atoms with Crippen LogP contribution in [0.1, 0.15) is 54.7 Å². The van der Waals surface area contributed by atoms with Crippen molar-refractivity contribution in [2.45, 2.75) is 44.9 Å². The van der Waals surface area contributed by atoms with Gasteiger partial charge in [-0.2, -0.15) is 0 Å². The van der Waals surface area contributed by atoms with Crippen LogP contribution in [0.4, 0.5) is 0 Å². The molecule has 0 aromatic heterocycles. The monoisotopic (exact) mass is 354 g/mol. The Morgan fingerprint density at radius 3 is 2.19 bits per heavy atom. The largest absolute Gasteiger partial charge is 0.293 e. The van der Waals surface area contributed by atoms with Crippen molar-refractivity contribution in [3.63, 3.8) is 0 Å². The SMILES string of the molecule is CC(C)(Cc1ccc2c(c1)-c1ccccc1C(C)(C)C2=O)c1ccccc1. The van der Waals surface area contributed by atoms with E-state index in [0.717, 1.165) is 23.1 Å². The number of fused-ring (bicyclic) bond motifs is 3. The summed E-state index contributed by atoms with van der Waals surface area (Å²) in [6, 6.07) is 25.4. The number of hydrogen-bond acceptors (Lipinski definition) is 1. The van der Waals surface area contributed by atoms with E-state index in [1.54, 1.807) is 0 Å². The molecule has 1 aliphatic rings. The molecule has 3 aromatic carbocycles. The Balaban J connectivity index is 1.78. The molecule has 0 amide bonds. The summed E-state index contributed by atoms with van der Waals surface area (Å²) < 4.78 is 0. The van der Waals surface area contributed by atoms with Gasteiger partial charge < -0.3 is 0 Å². The van der Waals surface area contributed by atoms with E-state index in [9.17, 15) is 4.79 Å². The van der Waals surface area contributed by atoms with Crippen molar-refractivity contribution < 1.29 is 4.79 Å².